The fraction of sp³-hybridized carbons (Fsp3) is 0.600. The number of hydrogen-bond donors (Lipinski definition) is 1. The number of benzene rings is 1. The van der Waals surface area contributed by atoms with Crippen molar-refractivity contribution in [3.8, 4) is 0 Å². The molecule has 2 aliphatic rings. The van der Waals surface area contributed by atoms with E-state index < -0.39 is 0 Å². The number of likely N-dealkylation sites (tertiary alicyclic amines) is 1. The summed E-state index contributed by atoms with van der Waals surface area (Å²) in [4.78, 5) is 27.4. The number of rotatable bonds is 4. The van der Waals surface area contributed by atoms with Crippen LogP contribution in [0.25, 0.3) is 11.0 Å². The highest BCUT2D eigenvalue weighted by atomic mass is 16.2. The third-order valence-corrected chi connectivity index (χ3v) is 5.59. The van der Waals surface area contributed by atoms with Crippen LogP contribution in [0.4, 0.5) is 0 Å². The zero-order valence-corrected chi connectivity index (χ0v) is 15.5. The fourth-order valence-electron chi connectivity index (χ4n) is 4.01. The molecule has 4 rings (SSSR count). The molecule has 0 unspecified atom stereocenters. The van der Waals surface area contributed by atoms with Crippen LogP contribution in [-0.2, 0) is 11.3 Å². The molecular formula is C20H29N5O. The van der Waals surface area contributed by atoms with E-state index in [9.17, 15) is 4.79 Å². The Bertz CT molecular complexity index is 694. The third-order valence-electron chi connectivity index (χ3n) is 5.59. The Morgan fingerprint density at radius 1 is 0.923 bits per heavy atom. The molecule has 2 saturated heterocycles. The number of piperazine rings is 1. The van der Waals surface area contributed by atoms with Crippen LogP contribution in [0.1, 0.15) is 31.5 Å². The number of amides is 1. The van der Waals surface area contributed by atoms with Crippen LogP contribution >= 0.6 is 0 Å². The highest BCUT2D eigenvalue weighted by Gasteiger charge is 2.22. The zero-order chi connectivity index (χ0) is 17.8. The van der Waals surface area contributed by atoms with Crippen molar-refractivity contribution < 1.29 is 4.79 Å². The smallest absolute Gasteiger partial charge is 0.236 e. The summed E-state index contributed by atoms with van der Waals surface area (Å²) in [6.45, 7) is 7.23. The summed E-state index contributed by atoms with van der Waals surface area (Å²) in [5.41, 5.74) is 2.13. The molecule has 2 fully saturated rings. The Kier molecular flexibility index (Phi) is 5.51. The molecule has 2 aliphatic heterocycles. The molecule has 0 atom stereocenters. The first-order valence-corrected chi connectivity index (χ1v) is 9.94. The van der Waals surface area contributed by atoms with E-state index in [1.807, 2.05) is 18.2 Å². The summed E-state index contributed by atoms with van der Waals surface area (Å²) in [5.74, 6) is 1.35. The number of para-hydroxylation sites is 2. The Balaban J connectivity index is 1.25. The van der Waals surface area contributed by atoms with Crippen molar-refractivity contribution in [1.82, 2.24) is 24.7 Å². The lowest BCUT2D eigenvalue weighted by Crippen LogP contribution is -2.49. The highest BCUT2D eigenvalue weighted by molar-refractivity contribution is 5.78. The van der Waals surface area contributed by atoms with Crippen molar-refractivity contribution in [2.24, 2.45) is 0 Å². The van der Waals surface area contributed by atoms with Gasteiger partial charge in [0.2, 0.25) is 5.91 Å². The SMILES string of the molecule is O=C(CN1CCN(Cc2nc3ccccc3[nH]2)CC1)N1CCCCCC1. The topological polar surface area (TPSA) is 55.5 Å². The molecule has 0 spiro atoms. The number of H-pyrrole nitrogens is 1. The Hall–Kier alpha value is -1.92. The molecule has 3 heterocycles. The Labute approximate surface area is 155 Å². The summed E-state index contributed by atoms with van der Waals surface area (Å²) in [5, 5.41) is 0. The Morgan fingerprint density at radius 2 is 1.62 bits per heavy atom. The Morgan fingerprint density at radius 3 is 2.35 bits per heavy atom. The molecule has 26 heavy (non-hydrogen) atoms. The highest BCUT2D eigenvalue weighted by Crippen LogP contribution is 2.14. The van der Waals surface area contributed by atoms with Crippen LogP contribution in [0.3, 0.4) is 0 Å². The van der Waals surface area contributed by atoms with Gasteiger partial charge in [-0.15, -0.1) is 0 Å². The van der Waals surface area contributed by atoms with Gasteiger partial charge in [-0.2, -0.15) is 0 Å². The van der Waals surface area contributed by atoms with Crippen molar-refractivity contribution in [1.29, 1.82) is 0 Å². The molecule has 1 aromatic carbocycles. The average Bonchev–Trinajstić information content (AvgIpc) is 2.87. The van der Waals surface area contributed by atoms with Gasteiger partial charge in [-0.05, 0) is 25.0 Å². The minimum absolute atomic E-state index is 0.317. The van der Waals surface area contributed by atoms with Gasteiger partial charge in [-0.3, -0.25) is 14.6 Å². The normalized spacial score (nSPS) is 20.4. The van der Waals surface area contributed by atoms with Crippen molar-refractivity contribution in [3.05, 3.63) is 30.1 Å². The van der Waals surface area contributed by atoms with Gasteiger partial charge in [-0.25, -0.2) is 4.98 Å². The van der Waals surface area contributed by atoms with Gasteiger partial charge >= 0.3 is 0 Å². The minimum atomic E-state index is 0.317. The molecule has 1 amide bonds. The monoisotopic (exact) mass is 355 g/mol. The number of nitrogens with one attached hydrogen (secondary N) is 1. The molecule has 0 bridgehead atoms. The maximum atomic E-state index is 12.5. The second-order valence-electron chi connectivity index (χ2n) is 7.55. The molecule has 1 N–H and O–H groups in total. The van der Waals surface area contributed by atoms with Crippen LogP contribution in [0.5, 0.6) is 0 Å². The first kappa shape index (κ1) is 17.5. The van der Waals surface area contributed by atoms with E-state index in [0.717, 1.165) is 75.5 Å². The number of imidazole rings is 1. The molecule has 140 valence electrons. The number of fused-ring (bicyclic) bond motifs is 1. The van der Waals surface area contributed by atoms with Gasteiger partial charge in [0.1, 0.15) is 5.82 Å². The number of carbonyl (C=O) groups is 1. The molecule has 0 saturated carbocycles. The minimum Gasteiger partial charge on any atom is -0.342 e. The van der Waals surface area contributed by atoms with Gasteiger partial charge in [0.05, 0.1) is 24.1 Å². The summed E-state index contributed by atoms with van der Waals surface area (Å²) in [6.07, 6.45) is 4.86. The van der Waals surface area contributed by atoms with Crippen molar-refractivity contribution in [2.45, 2.75) is 32.2 Å². The van der Waals surface area contributed by atoms with Gasteiger partial charge in [0.25, 0.3) is 0 Å². The van der Waals surface area contributed by atoms with Crippen LogP contribution < -0.4 is 0 Å². The van der Waals surface area contributed by atoms with E-state index in [1.165, 1.54) is 12.8 Å². The number of hydrogen-bond acceptors (Lipinski definition) is 4. The van der Waals surface area contributed by atoms with Gasteiger partial charge in [0, 0.05) is 39.3 Å². The lowest BCUT2D eigenvalue weighted by molar-refractivity contribution is -0.132. The number of aromatic amines is 1. The molecule has 6 nitrogen and oxygen atoms in total. The molecule has 0 aliphatic carbocycles. The van der Waals surface area contributed by atoms with Crippen LogP contribution in [0.2, 0.25) is 0 Å². The lowest BCUT2D eigenvalue weighted by atomic mass is 10.2. The number of nitrogens with zero attached hydrogens (tertiary/aromatic N) is 4. The van der Waals surface area contributed by atoms with Crippen molar-refractivity contribution in [3.63, 3.8) is 0 Å². The predicted octanol–water partition coefficient (Wildman–Crippen LogP) is 2.08. The average molecular weight is 355 g/mol. The fourth-order valence-corrected chi connectivity index (χ4v) is 4.01. The molecule has 2 aromatic rings. The summed E-state index contributed by atoms with van der Waals surface area (Å²) in [7, 11) is 0. The van der Waals surface area contributed by atoms with Gasteiger partial charge in [-0.1, -0.05) is 25.0 Å². The summed E-state index contributed by atoms with van der Waals surface area (Å²) < 4.78 is 0. The zero-order valence-electron chi connectivity index (χ0n) is 15.5. The largest absolute Gasteiger partial charge is 0.342 e. The van der Waals surface area contributed by atoms with E-state index >= 15 is 0 Å². The quantitative estimate of drug-likeness (QED) is 0.912. The predicted molar refractivity (Wildman–Crippen MR) is 103 cm³/mol. The van der Waals surface area contributed by atoms with Crippen molar-refractivity contribution >= 4 is 16.9 Å². The lowest BCUT2D eigenvalue weighted by Gasteiger charge is -2.34. The second kappa shape index (κ2) is 8.18. The van der Waals surface area contributed by atoms with Crippen LogP contribution in [-0.4, -0.2) is 76.4 Å². The number of carbonyl (C=O) groups excluding carboxylic acids is 1. The molecule has 6 heteroatoms. The van der Waals surface area contributed by atoms with Crippen LogP contribution in [0, 0.1) is 0 Å². The van der Waals surface area contributed by atoms with E-state index in [2.05, 4.69) is 30.7 Å². The molecule has 1 aromatic heterocycles. The first-order chi connectivity index (χ1) is 12.8. The summed E-state index contributed by atoms with van der Waals surface area (Å²) >= 11 is 0. The third kappa shape index (κ3) is 4.24. The number of aromatic nitrogens is 2. The maximum Gasteiger partial charge on any atom is 0.236 e. The molecule has 0 radical (unpaired) electrons. The van der Waals surface area contributed by atoms with E-state index in [-0.39, 0.29) is 0 Å². The van der Waals surface area contributed by atoms with Gasteiger partial charge < -0.3 is 9.88 Å². The van der Waals surface area contributed by atoms with E-state index in [4.69, 9.17) is 0 Å². The maximum absolute atomic E-state index is 12.5. The van der Waals surface area contributed by atoms with Gasteiger partial charge in [0.15, 0.2) is 0 Å². The van der Waals surface area contributed by atoms with Crippen LogP contribution in [0.15, 0.2) is 24.3 Å². The summed E-state index contributed by atoms with van der Waals surface area (Å²) in [6, 6.07) is 8.16. The van der Waals surface area contributed by atoms with E-state index in [1.54, 1.807) is 0 Å². The standard InChI is InChI=1S/C20H29N5O/c26-20(25-9-5-1-2-6-10-25)16-24-13-11-23(12-14-24)15-19-21-17-7-3-4-8-18(17)22-19/h3-4,7-8H,1-2,5-6,9-16H2,(H,21,22). The van der Waals surface area contributed by atoms with E-state index in [0.29, 0.717) is 12.5 Å². The van der Waals surface area contributed by atoms with Crippen molar-refractivity contribution in [2.75, 3.05) is 45.8 Å². The molecular weight excluding hydrogens is 326 g/mol. The second-order valence-corrected chi connectivity index (χ2v) is 7.55. The first-order valence-electron chi connectivity index (χ1n) is 9.94.